The van der Waals surface area contributed by atoms with Crippen molar-refractivity contribution in [3.05, 3.63) is 18.2 Å². The Kier molecular flexibility index (Phi) is 5.15. The number of hydrogen-bond acceptors (Lipinski definition) is 4. The second-order valence-corrected chi connectivity index (χ2v) is 4.64. The van der Waals surface area contributed by atoms with E-state index in [-0.39, 0.29) is 5.91 Å². The summed E-state index contributed by atoms with van der Waals surface area (Å²) in [6.45, 7) is 0. The van der Waals surface area contributed by atoms with Gasteiger partial charge in [0.15, 0.2) is 11.5 Å². The zero-order valence-electron chi connectivity index (χ0n) is 10.5. The van der Waals surface area contributed by atoms with Gasteiger partial charge in [0.25, 0.3) is 0 Å². The van der Waals surface area contributed by atoms with Crippen molar-refractivity contribution < 1.29 is 14.3 Å². The first-order valence-electron chi connectivity index (χ1n) is 5.13. The molecule has 1 aromatic carbocycles. The topological polar surface area (TPSA) is 38.8 Å². The Morgan fingerprint density at radius 3 is 2.41 bits per heavy atom. The summed E-state index contributed by atoms with van der Waals surface area (Å²) >= 11 is 1.48. The molecule has 0 bridgehead atoms. The Morgan fingerprint density at radius 2 is 1.88 bits per heavy atom. The molecular formula is C12H17NO3S. The molecule has 0 aliphatic rings. The van der Waals surface area contributed by atoms with E-state index in [2.05, 4.69) is 0 Å². The highest BCUT2D eigenvalue weighted by Gasteiger charge is 2.08. The van der Waals surface area contributed by atoms with Gasteiger partial charge in [0.2, 0.25) is 5.91 Å². The van der Waals surface area contributed by atoms with Crippen molar-refractivity contribution in [2.24, 2.45) is 0 Å². The van der Waals surface area contributed by atoms with Gasteiger partial charge in [-0.15, -0.1) is 11.8 Å². The highest BCUT2D eigenvalue weighted by Crippen LogP contribution is 2.31. The first-order valence-corrected chi connectivity index (χ1v) is 6.12. The number of methoxy groups -OCH3 is 2. The van der Waals surface area contributed by atoms with E-state index in [1.165, 1.54) is 11.8 Å². The van der Waals surface area contributed by atoms with E-state index in [9.17, 15) is 4.79 Å². The first kappa shape index (κ1) is 13.7. The molecule has 0 spiro atoms. The van der Waals surface area contributed by atoms with E-state index < -0.39 is 0 Å². The van der Waals surface area contributed by atoms with Gasteiger partial charge in [-0.3, -0.25) is 4.79 Å². The van der Waals surface area contributed by atoms with Crippen molar-refractivity contribution >= 4 is 17.7 Å². The molecule has 1 rings (SSSR count). The predicted octanol–water partition coefficient (Wildman–Crippen LogP) is 1.88. The molecule has 0 radical (unpaired) electrons. The van der Waals surface area contributed by atoms with Gasteiger partial charge in [-0.05, 0) is 18.2 Å². The van der Waals surface area contributed by atoms with Crippen LogP contribution in [0.15, 0.2) is 23.1 Å². The maximum Gasteiger partial charge on any atom is 0.232 e. The maximum absolute atomic E-state index is 11.4. The molecule has 0 saturated heterocycles. The third-order valence-electron chi connectivity index (χ3n) is 2.22. The van der Waals surface area contributed by atoms with Crippen LogP contribution >= 0.6 is 11.8 Å². The summed E-state index contributed by atoms with van der Waals surface area (Å²) in [6, 6.07) is 5.61. The molecule has 1 amide bonds. The fourth-order valence-electron chi connectivity index (χ4n) is 1.18. The zero-order chi connectivity index (χ0) is 12.8. The number of ether oxygens (including phenoxy) is 2. The van der Waals surface area contributed by atoms with E-state index in [4.69, 9.17) is 9.47 Å². The monoisotopic (exact) mass is 255 g/mol. The Balaban J connectivity index is 2.69. The molecule has 0 N–H and O–H groups in total. The smallest absolute Gasteiger partial charge is 0.232 e. The van der Waals surface area contributed by atoms with E-state index in [0.29, 0.717) is 17.3 Å². The summed E-state index contributed by atoms with van der Waals surface area (Å²) in [5.41, 5.74) is 0. The van der Waals surface area contributed by atoms with E-state index in [1.54, 1.807) is 33.2 Å². The average molecular weight is 255 g/mol. The Labute approximate surface area is 106 Å². The molecule has 0 fully saturated rings. The highest BCUT2D eigenvalue weighted by atomic mass is 32.2. The molecule has 17 heavy (non-hydrogen) atoms. The number of rotatable bonds is 5. The number of amides is 1. The number of hydrogen-bond donors (Lipinski definition) is 0. The molecule has 94 valence electrons. The second-order valence-electron chi connectivity index (χ2n) is 3.59. The van der Waals surface area contributed by atoms with Gasteiger partial charge in [0.1, 0.15) is 0 Å². The normalized spacial score (nSPS) is 9.88. The molecular weight excluding hydrogens is 238 g/mol. The molecule has 4 nitrogen and oxygen atoms in total. The number of benzene rings is 1. The maximum atomic E-state index is 11.4. The summed E-state index contributed by atoms with van der Waals surface area (Å²) in [7, 11) is 6.69. The van der Waals surface area contributed by atoms with Crippen molar-refractivity contribution in [1.82, 2.24) is 4.90 Å². The Morgan fingerprint density at radius 1 is 1.24 bits per heavy atom. The van der Waals surface area contributed by atoms with Crippen LogP contribution in [0.4, 0.5) is 0 Å². The van der Waals surface area contributed by atoms with Crippen LogP contribution in [0.3, 0.4) is 0 Å². The van der Waals surface area contributed by atoms with Crippen LogP contribution in [0.2, 0.25) is 0 Å². The summed E-state index contributed by atoms with van der Waals surface area (Å²) in [5, 5.41) is 0. The number of carbonyl (C=O) groups is 1. The number of nitrogens with zero attached hydrogens (tertiary/aromatic N) is 1. The van der Waals surface area contributed by atoms with Crippen molar-refractivity contribution in [2.75, 3.05) is 34.1 Å². The van der Waals surface area contributed by atoms with Gasteiger partial charge in [-0.25, -0.2) is 0 Å². The van der Waals surface area contributed by atoms with E-state index in [0.717, 1.165) is 4.90 Å². The third kappa shape index (κ3) is 3.85. The highest BCUT2D eigenvalue weighted by molar-refractivity contribution is 8.00. The van der Waals surface area contributed by atoms with Crippen LogP contribution in [0.25, 0.3) is 0 Å². The lowest BCUT2D eigenvalue weighted by Gasteiger charge is -2.11. The van der Waals surface area contributed by atoms with Crippen molar-refractivity contribution in [3.8, 4) is 11.5 Å². The summed E-state index contributed by atoms with van der Waals surface area (Å²) < 4.78 is 10.3. The minimum absolute atomic E-state index is 0.0878. The quantitative estimate of drug-likeness (QED) is 0.753. The van der Waals surface area contributed by atoms with Crippen LogP contribution in [0.5, 0.6) is 11.5 Å². The van der Waals surface area contributed by atoms with Crippen LogP contribution < -0.4 is 9.47 Å². The third-order valence-corrected chi connectivity index (χ3v) is 3.19. The minimum Gasteiger partial charge on any atom is -0.493 e. The van der Waals surface area contributed by atoms with Gasteiger partial charge < -0.3 is 14.4 Å². The number of carbonyl (C=O) groups excluding carboxylic acids is 1. The van der Waals surface area contributed by atoms with Crippen molar-refractivity contribution in [2.45, 2.75) is 4.90 Å². The van der Waals surface area contributed by atoms with Crippen LogP contribution in [-0.4, -0.2) is 44.9 Å². The summed E-state index contributed by atoms with van der Waals surface area (Å²) in [4.78, 5) is 14.0. The van der Waals surface area contributed by atoms with Gasteiger partial charge >= 0.3 is 0 Å². The lowest BCUT2D eigenvalue weighted by molar-refractivity contribution is -0.125. The SMILES string of the molecule is COc1ccc(SCC(=O)N(C)C)cc1OC. The average Bonchev–Trinajstić information content (AvgIpc) is 2.35. The standard InChI is InChI=1S/C12H17NO3S/c1-13(2)12(14)8-17-9-5-6-10(15-3)11(7-9)16-4/h5-7H,8H2,1-4H3. The largest absolute Gasteiger partial charge is 0.493 e. The lowest BCUT2D eigenvalue weighted by Crippen LogP contribution is -2.23. The molecule has 0 aromatic heterocycles. The number of thioether (sulfide) groups is 1. The molecule has 5 heteroatoms. The predicted molar refractivity (Wildman–Crippen MR) is 69.0 cm³/mol. The van der Waals surface area contributed by atoms with Crippen molar-refractivity contribution in [1.29, 1.82) is 0 Å². The van der Waals surface area contributed by atoms with Crippen LogP contribution in [-0.2, 0) is 4.79 Å². The molecule has 0 aliphatic carbocycles. The molecule has 0 aliphatic heterocycles. The molecule has 0 unspecified atom stereocenters. The summed E-state index contributed by atoms with van der Waals surface area (Å²) in [6.07, 6.45) is 0. The van der Waals surface area contributed by atoms with Gasteiger partial charge in [0.05, 0.1) is 20.0 Å². The Hall–Kier alpha value is -1.36. The van der Waals surface area contributed by atoms with Gasteiger partial charge in [-0.1, -0.05) is 0 Å². The fraction of sp³-hybridized carbons (Fsp3) is 0.417. The lowest BCUT2D eigenvalue weighted by atomic mass is 10.3. The van der Waals surface area contributed by atoms with Crippen LogP contribution in [0, 0.1) is 0 Å². The molecule has 0 saturated carbocycles. The first-order chi connectivity index (χ1) is 8.08. The fourth-order valence-corrected chi connectivity index (χ4v) is 2.08. The molecule has 0 heterocycles. The van der Waals surface area contributed by atoms with Gasteiger partial charge in [-0.2, -0.15) is 0 Å². The second kappa shape index (κ2) is 6.39. The Bertz CT molecular complexity index is 393. The molecule has 0 atom stereocenters. The van der Waals surface area contributed by atoms with E-state index in [1.807, 2.05) is 18.2 Å². The molecule has 1 aromatic rings. The minimum atomic E-state index is 0.0878. The van der Waals surface area contributed by atoms with Crippen molar-refractivity contribution in [3.63, 3.8) is 0 Å². The van der Waals surface area contributed by atoms with E-state index >= 15 is 0 Å². The van der Waals surface area contributed by atoms with Gasteiger partial charge in [0, 0.05) is 19.0 Å². The zero-order valence-corrected chi connectivity index (χ0v) is 11.3. The van der Waals surface area contributed by atoms with Crippen LogP contribution in [0.1, 0.15) is 0 Å². The summed E-state index contributed by atoms with van der Waals surface area (Å²) in [5.74, 6) is 1.87.